The second-order valence-corrected chi connectivity index (χ2v) is 9.96. The van der Waals surface area contributed by atoms with Crippen LogP contribution in [0.2, 0.25) is 10.0 Å². The molecule has 38 heavy (non-hydrogen) atoms. The minimum absolute atomic E-state index is 0. The standard InChI is InChI=1S/C27H33Cl2N5O3.ClH/c1-18-25(32-27(35)31-24-15-23(29)22(28)14-20(24)9-7-13-36-2)34(21-10-4-3-5-11-21)33-26(18)37-17-19-8-6-12-30-16-19;/h3-5,10-11,14-15,19,30H,6-9,12-13,16-17H2,1-2H3,(H2,31,32,35);1H/t19-;/m1./s1. The van der Waals surface area contributed by atoms with Crippen LogP contribution in [0, 0.1) is 12.8 Å². The van der Waals surface area contributed by atoms with E-state index in [2.05, 4.69) is 16.0 Å². The first-order valence-corrected chi connectivity index (χ1v) is 13.2. The number of benzene rings is 2. The van der Waals surface area contributed by atoms with Crippen molar-refractivity contribution in [1.82, 2.24) is 15.1 Å². The maximum Gasteiger partial charge on any atom is 0.324 e. The van der Waals surface area contributed by atoms with Gasteiger partial charge in [-0.05, 0) is 69.0 Å². The van der Waals surface area contributed by atoms with Gasteiger partial charge in [0, 0.05) is 31.9 Å². The third kappa shape index (κ3) is 7.77. The zero-order valence-corrected chi connectivity index (χ0v) is 23.9. The minimum Gasteiger partial charge on any atom is -0.476 e. The molecule has 1 atom stereocenters. The highest BCUT2D eigenvalue weighted by Crippen LogP contribution is 2.32. The zero-order chi connectivity index (χ0) is 26.2. The van der Waals surface area contributed by atoms with Crippen LogP contribution in [-0.2, 0) is 11.2 Å². The van der Waals surface area contributed by atoms with Crippen molar-refractivity contribution in [3.8, 4) is 11.6 Å². The molecule has 0 bridgehead atoms. The van der Waals surface area contributed by atoms with E-state index in [4.69, 9.17) is 37.8 Å². The molecule has 1 aliphatic heterocycles. The van der Waals surface area contributed by atoms with Gasteiger partial charge in [-0.25, -0.2) is 9.48 Å². The van der Waals surface area contributed by atoms with Crippen LogP contribution < -0.4 is 20.7 Å². The highest BCUT2D eigenvalue weighted by atomic mass is 35.5. The molecular formula is C27H34Cl3N5O3. The summed E-state index contributed by atoms with van der Waals surface area (Å²) in [6.07, 6.45) is 3.72. The molecule has 0 saturated carbocycles. The number of urea groups is 1. The van der Waals surface area contributed by atoms with Crippen molar-refractivity contribution in [2.45, 2.75) is 32.6 Å². The lowest BCUT2D eigenvalue weighted by molar-refractivity contribution is 0.195. The lowest BCUT2D eigenvalue weighted by Crippen LogP contribution is -2.33. The van der Waals surface area contributed by atoms with Gasteiger partial charge in [0.15, 0.2) is 0 Å². The molecule has 0 radical (unpaired) electrons. The van der Waals surface area contributed by atoms with Crippen LogP contribution >= 0.6 is 35.6 Å². The quantitative estimate of drug-likeness (QED) is 0.237. The van der Waals surface area contributed by atoms with Gasteiger partial charge in [0.1, 0.15) is 5.82 Å². The Bertz CT molecular complexity index is 1200. The highest BCUT2D eigenvalue weighted by molar-refractivity contribution is 6.42. The van der Waals surface area contributed by atoms with Gasteiger partial charge < -0.3 is 20.1 Å². The summed E-state index contributed by atoms with van der Waals surface area (Å²) in [6.45, 7) is 5.04. The summed E-state index contributed by atoms with van der Waals surface area (Å²) in [4.78, 5) is 13.2. The van der Waals surface area contributed by atoms with Crippen LogP contribution in [0.15, 0.2) is 42.5 Å². The van der Waals surface area contributed by atoms with Gasteiger partial charge in [-0.2, -0.15) is 0 Å². The van der Waals surface area contributed by atoms with E-state index in [1.54, 1.807) is 23.9 Å². The van der Waals surface area contributed by atoms with Gasteiger partial charge in [0.2, 0.25) is 5.88 Å². The van der Waals surface area contributed by atoms with E-state index in [0.29, 0.717) is 53.0 Å². The Morgan fingerprint density at radius 3 is 2.66 bits per heavy atom. The first-order valence-electron chi connectivity index (χ1n) is 12.5. The summed E-state index contributed by atoms with van der Waals surface area (Å²) >= 11 is 12.5. The molecule has 3 N–H and O–H groups in total. The number of halogens is 3. The van der Waals surface area contributed by atoms with Crippen molar-refractivity contribution in [3.05, 3.63) is 63.6 Å². The van der Waals surface area contributed by atoms with Crippen LogP contribution in [0.4, 0.5) is 16.3 Å². The zero-order valence-electron chi connectivity index (χ0n) is 21.6. The number of hydrogen-bond donors (Lipinski definition) is 3. The molecule has 11 heteroatoms. The van der Waals surface area contributed by atoms with Crippen molar-refractivity contribution in [2.24, 2.45) is 5.92 Å². The van der Waals surface area contributed by atoms with Gasteiger partial charge in [-0.15, -0.1) is 17.5 Å². The molecule has 4 rings (SSSR count). The average Bonchev–Trinajstić information content (AvgIpc) is 3.21. The van der Waals surface area contributed by atoms with Crippen LogP contribution in [0.5, 0.6) is 5.88 Å². The molecular weight excluding hydrogens is 549 g/mol. The number of amides is 2. The van der Waals surface area contributed by atoms with Crippen LogP contribution in [-0.4, -0.2) is 49.2 Å². The number of anilines is 2. The molecule has 1 fully saturated rings. The first-order chi connectivity index (χ1) is 18.0. The van der Waals surface area contributed by atoms with Crippen molar-refractivity contribution < 1.29 is 14.3 Å². The second-order valence-electron chi connectivity index (χ2n) is 9.15. The molecule has 2 heterocycles. The van der Waals surface area contributed by atoms with Gasteiger partial charge >= 0.3 is 6.03 Å². The number of para-hydroxylation sites is 1. The monoisotopic (exact) mass is 581 g/mol. The topological polar surface area (TPSA) is 89.4 Å². The van der Waals surface area contributed by atoms with Crippen molar-refractivity contribution in [3.63, 3.8) is 0 Å². The molecule has 1 aromatic heterocycles. The normalized spacial score (nSPS) is 15.0. The number of piperidine rings is 1. The summed E-state index contributed by atoms with van der Waals surface area (Å²) in [5.74, 6) is 1.46. The fourth-order valence-corrected chi connectivity index (χ4v) is 4.71. The Kier molecular flexibility index (Phi) is 11.6. The Balaban J connectivity index is 0.00000400. The predicted molar refractivity (Wildman–Crippen MR) is 156 cm³/mol. The summed E-state index contributed by atoms with van der Waals surface area (Å²) in [6, 6.07) is 12.7. The summed E-state index contributed by atoms with van der Waals surface area (Å²) < 4.78 is 13.0. The molecule has 1 aliphatic rings. The largest absolute Gasteiger partial charge is 0.476 e. The Morgan fingerprint density at radius 2 is 1.95 bits per heavy atom. The molecule has 8 nitrogen and oxygen atoms in total. The number of methoxy groups -OCH3 is 1. The lowest BCUT2D eigenvalue weighted by atomic mass is 10.0. The summed E-state index contributed by atoms with van der Waals surface area (Å²) in [7, 11) is 1.66. The first kappa shape index (κ1) is 30.1. The van der Waals surface area contributed by atoms with Crippen molar-refractivity contribution in [2.75, 3.05) is 44.0 Å². The fraction of sp³-hybridized carbons (Fsp3) is 0.407. The molecule has 0 unspecified atom stereocenters. The van der Waals surface area contributed by atoms with E-state index in [9.17, 15) is 4.79 Å². The maximum atomic E-state index is 13.2. The number of nitrogens with zero attached hydrogens (tertiary/aromatic N) is 2. The number of aromatic nitrogens is 2. The minimum atomic E-state index is -0.422. The highest BCUT2D eigenvalue weighted by Gasteiger charge is 2.22. The average molecular weight is 583 g/mol. The van der Waals surface area contributed by atoms with Gasteiger partial charge in [0.25, 0.3) is 0 Å². The van der Waals surface area contributed by atoms with E-state index in [-0.39, 0.29) is 12.4 Å². The molecule has 0 spiro atoms. The molecule has 2 aromatic carbocycles. The van der Waals surface area contributed by atoms with Gasteiger partial charge in [-0.1, -0.05) is 41.4 Å². The number of hydrogen-bond acceptors (Lipinski definition) is 5. The number of carbonyl (C=O) groups excluding carboxylic acids is 1. The molecule has 1 saturated heterocycles. The number of aryl methyl sites for hydroxylation is 1. The third-order valence-electron chi connectivity index (χ3n) is 6.35. The summed E-state index contributed by atoms with van der Waals surface area (Å²) in [5, 5.41) is 14.8. The second kappa shape index (κ2) is 14.6. The SMILES string of the molecule is COCCCc1cc(Cl)c(Cl)cc1NC(=O)Nc1c(C)c(OC[C@@H]2CCCNC2)nn1-c1ccccc1.Cl. The molecule has 206 valence electrons. The third-order valence-corrected chi connectivity index (χ3v) is 7.08. The van der Waals surface area contributed by atoms with Crippen LogP contribution in [0.1, 0.15) is 30.4 Å². The lowest BCUT2D eigenvalue weighted by Gasteiger charge is -2.22. The van der Waals surface area contributed by atoms with Crippen LogP contribution in [0.25, 0.3) is 5.69 Å². The smallest absolute Gasteiger partial charge is 0.324 e. The number of ether oxygens (including phenoxy) is 2. The van der Waals surface area contributed by atoms with Gasteiger partial charge in [-0.3, -0.25) is 5.32 Å². The van der Waals surface area contributed by atoms with Gasteiger partial charge in [0.05, 0.1) is 27.9 Å². The number of carbonyl (C=O) groups is 1. The van der Waals surface area contributed by atoms with E-state index < -0.39 is 6.03 Å². The Labute approximate surface area is 239 Å². The predicted octanol–water partition coefficient (Wildman–Crippen LogP) is 6.51. The summed E-state index contributed by atoms with van der Waals surface area (Å²) in [5.41, 5.74) is 3.02. The number of nitrogens with one attached hydrogen (secondary N) is 3. The maximum absolute atomic E-state index is 13.2. The van der Waals surface area contributed by atoms with E-state index in [1.807, 2.05) is 37.3 Å². The fourth-order valence-electron chi connectivity index (χ4n) is 4.36. The van der Waals surface area contributed by atoms with Crippen molar-refractivity contribution >= 4 is 53.1 Å². The Morgan fingerprint density at radius 1 is 1.18 bits per heavy atom. The molecule has 2 amide bonds. The van der Waals surface area contributed by atoms with E-state index in [1.165, 1.54) is 0 Å². The number of rotatable bonds is 10. The van der Waals surface area contributed by atoms with Crippen molar-refractivity contribution in [1.29, 1.82) is 0 Å². The molecule has 0 aliphatic carbocycles. The molecule has 3 aromatic rings. The van der Waals surface area contributed by atoms with Crippen LogP contribution in [0.3, 0.4) is 0 Å². The van der Waals surface area contributed by atoms with E-state index >= 15 is 0 Å². The van der Waals surface area contributed by atoms with E-state index in [0.717, 1.165) is 49.2 Å². The Hall–Kier alpha value is -2.49.